The van der Waals surface area contributed by atoms with Crippen molar-refractivity contribution >= 4 is 0 Å². The predicted molar refractivity (Wildman–Crippen MR) is 98.3 cm³/mol. The molecule has 1 saturated carbocycles. The predicted octanol–water partition coefficient (Wildman–Crippen LogP) is 3.44. The molecule has 0 bridgehead atoms. The summed E-state index contributed by atoms with van der Waals surface area (Å²) in [7, 11) is 0. The Morgan fingerprint density at radius 1 is 1.00 bits per heavy atom. The van der Waals surface area contributed by atoms with Crippen molar-refractivity contribution in [1.29, 1.82) is 0 Å². The zero-order chi connectivity index (χ0) is 17.2. The maximum absolute atomic E-state index is 12.2. The average molecular weight is 332 g/mol. The van der Waals surface area contributed by atoms with Gasteiger partial charge in [0.1, 0.15) is 0 Å². The van der Waals surface area contributed by atoms with Gasteiger partial charge < -0.3 is 4.90 Å². The van der Waals surface area contributed by atoms with Gasteiger partial charge in [-0.1, -0.05) is 33.6 Å². The number of rotatable bonds is 4. The van der Waals surface area contributed by atoms with Gasteiger partial charge >= 0.3 is 0 Å². The summed E-state index contributed by atoms with van der Waals surface area (Å²) in [5.41, 5.74) is 1.03. The van der Waals surface area contributed by atoms with Crippen LogP contribution in [0.1, 0.15) is 65.0 Å². The van der Waals surface area contributed by atoms with Crippen molar-refractivity contribution in [2.24, 2.45) is 11.8 Å². The van der Waals surface area contributed by atoms with Crippen LogP contribution in [0.5, 0.6) is 0 Å². The summed E-state index contributed by atoms with van der Waals surface area (Å²) in [5, 5.41) is 4.63. The number of aromatic nitrogens is 2. The summed E-state index contributed by atoms with van der Waals surface area (Å²) in [6, 6.07) is 3.56. The van der Waals surface area contributed by atoms with Gasteiger partial charge in [0.05, 0.1) is 5.69 Å². The smallest absolute Gasteiger partial charge is 0.266 e. The molecule has 2 fully saturated rings. The van der Waals surface area contributed by atoms with Crippen LogP contribution in [0.4, 0.5) is 0 Å². The Morgan fingerprint density at radius 3 is 2.25 bits per heavy atom. The molecule has 0 unspecified atom stereocenters. The fourth-order valence-electron chi connectivity index (χ4n) is 4.13. The van der Waals surface area contributed by atoms with Crippen LogP contribution in [0.3, 0.4) is 0 Å². The zero-order valence-electron chi connectivity index (χ0n) is 15.6. The molecular weight excluding hydrogens is 298 g/mol. The highest BCUT2D eigenvalue weighted by Gasteiger charge is 2.24. The third kappa shape index (κ3) is 4.47. The lowest BCUT2D eigenvalue weighted by Gasteiger charge is -2.33. The molecule has 0 aromatic carbocycles. The van der Waals surface area contributed by atoms with E-state index in [2.05, 4.69) is 30.8 Å². The summed E-state index contributed by atoms with van der Waals surface area (Å²) >= 11 is 0. The molecule has 2 aliphatic rings. The van der Waals surface area contributed by atoms with Gasteiger partial charge in [-0.25, -0.2) is 4.68 Å². The first kappa shape index (κ1) is 17.7. The quantitative estimate of drug-likeness (QED) is 0.848. The molecule has 1 aliphatic carbocycles. The van der Waals surface area contributed by atoms with E-state index in [1.165, 1.54) is 58.2 Å². The first-order valence-electron chi connectivity index (χ1n) is 9.73. The lowest BCUT2D eigenvalue weighted by atomic mass is 9.92. The van der Waals surface area contributed by atoms with Crippen LogP contribution in [0.25, 0.3) is 0 Å². The van der Waals surface area contributed by atoms with Crippen molar-refractivity contribution in [3.8, 4) is 0 Å². The van der Waals surface area contributed by atoms with Gasteiger partial charge in [-0.05, 0) is 56.7 Å². The number of hydrogen-bond donors (Lipinski definition) is 0. The number of nitrogens with zero attached hydrogens (tertiary/aromatic N) is 3. The lowest BCUT2D eigenvalue weighted by Crippen LogP contribution is -2.39. The Kier molecular flexibility index (Phi) is 5.43. The van der Waals surface area contributed by atoms with Crippen LogP contribution in [-0.2, 0) is 12.0 Å². The first-order valence-corrected chi connectivity index (χ1v) is 9.73. The summed E-state index contributed by atoms with van der Waals surface area (Å²) in [4.78, 5) is 14.8. The maximum atomic E-state index is 12.2. The number of hydrogen-bond acceptors (Lipinski definition) is 3. The molecule has 3 rings (SSSR count). The topological polar surface area (TPSA) is 38.1 Å². The molecule has 1 aliphatic heterocycles. The average Bonchev–Trinajstić information content (AvgIpc) is 3.03. The summed E-state index contributed by atoms with van der Waals surface area (Å²) in [6.07, 6.45) is 8.11. The second-order valence-electron chi connectivity index (χ2n) is 8.88. The highest BCUT2D eigenvalue weighted by Crippen LogP contribution is 2.27. The summed E-state index contributed by atoms with van der Waals surface area (Å²) in [6.45, 7) is 10.9. The zero-order valence-corrected chi connectivity index (χ0v) is 15.6. The Hall–Kier alpha value is -1.16. The third-order valence-corrected chi connectivity index (χ3v) is 5.76. The lowest BCUT2D eigenvalue weighted by molar-refractivity contribution is 0.149. The van der Waals surface area contributed by atoms with Crippen LogP contribution in [0.2, 0.25) is 0 Å². The minimum absolute atomic E-state index is 0.0138. The van der Waals surface area contributed by atoms with Gasteiger partial charge in [0, 0.05) is 24.6 Å². The van der Waals surface area contributed by atoms with E-state index >= 15 is 0 Å². The van der Waals surface area contributed by atoms with E-state index < -0.39 is 0 Å². The number of likely N-dealkylation sites (tertiary alicyclic amines) is 1. The van der Waals surface area contributed by atoms with Crippen LogP contribution in [-0.4, -0.2) is 34.3 Å². The van der Waals surface area contributed by atoms with Crippen molar-refractivity contribution in [2.75, 3.05) is 19.6 Å². The van der Waals surface area contributed by atoms with Crippen LogP contribution in [0, 0.1) is 11.8 Å². The van der Waals surface area contributed by atoms with Gasteiger partial charge in [-0.2, -0.15) is 5.10 Å². The molecule has 0 N–H and O–H groups in total. The molecule has 134 valence electrons. The molecule has 1 aromatic rings. The van der Waals surface area contributed by atoms with Crippen LogP contribution in [0.15, 0.2) is 16.9 Å². The molecule has 4 heteroatoms. The largest absolute Gasteiger partial charge is 0.303 e. The van der Waals surface area contributed by atoms with E-state index in [0.29, 0.717) is 5.92 Å². The minimum atomic E-state index is -0.0138. The molecule has 2 heterocycles. The first-order chi connectivity index (χ1) is 11.4. The number of piperidine rings is 1. The fraction of sp³-hybridized carbons (Fsp3) is 0.800. The molecule has 0 spiro atoms. The van der Waals surface area contributed by atoms with Crippen LogP contribution >= 0.6 is 0 Å². The molecule has 4 nitrogen and oxygen atoms in total. The van der Waals surface area contributed by atoms with Crippen LogP contribution < -0.4 is 5.56 Å². The second kappa shape index (κ2) is 7.38. The van der Waals surface area contributed by atoms with E-state index in [1.807, 2.05) is 6.07 Å². The van der Waals surface area contributed by atoms with E-state index in [0.717, 1.165) is 18.2 Å². The van der Waals surface area contributed by atoms with Crippen molar-refractivity contribution in [3.05, 3.63) is 28.2 Å². The molecular formula is C20H33N3O. The van der Waals surface area contributed by atoms with Crippen molar-refractivity contribution in [3.63, 3.8) is 0 Å². The van der Waals surface area contributed by atoms with Gasteiger partial charge in [0.15, 0.2) is 0 Å². The van der Waals surface area contributed by atoms with Crippen molar-refractivity contribution in [1.82, 2.24) is 14.7 Å². The van der Waals surface area contributed by atoms with Gasteiger partial charge in [-0.3, -0.25) is 4.79 Å². The van der Waals surface area contributed by atoms with E-state index in [4.69, 9.17) is 0 Å². The normalized spacial score (nSPS) is 21.5. The van der Waals surface area contributed by atoms with Gasteiger partial charge in [0.2, 0.25) is 0 Å². The highest BCUT2D eigenvalue weighted by molar-refractivity contribution is 5.10. The highest BCUT2D eigenvalue weighted by atomic mass is 16.1. The summed E-state index contributed by atoms with van der Waals surface area (Å²) in [5.74, 6) is 1.53. The standard InChI is InChI=1S/C20H33N3O/c1-20(2,3)18-8-9-19(24)23(21-18)15-17-10-12-22(13-11-17)14-16-6-4-5-7-16/h8-9,16-17H,4-7,10-15H2,1-3H3. The molecule has 0 amide bonds. The molecule has 1 saturated heterocycles. The maximum Gasteiger partial charge on any atom is 0.266 e. The molecule has 0 atom stereocenters. The fourth-order valence-corrected chi connectivity index (χ4v) is 4.13. The van der Waals surface area contributed by atoms with Crippen molar-refractivity contribution < 1.29 is 0 Å². The Morgan fingerprint density at radius 2 is 1.62 bits per heavy atom. The SMILES string of the molecule is CC(C)(C)c1ccc(=O)n(CC2CCN(CC3CCCC3)CC2)n1. The molecule has 1 aromatic heterocycles. The Bertz CT molecular complexity index is 588. The van der Waals surface area contributed by atoms with E-state index in [-0.39, 0.29) is 11.0 Å². The van der Waals surface area contributed by atoms with Crippen molar-refractivity contribution in [2.45, 2.75) is 71.3 Å². The van der Waals surface area contributed by atoms with E-state index in [9.17, 15) is 4.79 Å². The Labute approximate surface area is 146 Å². The Balaban J connectivity index is 1.55. The minimum Gasteiger partial charge on any atom is -0.303 e. The molecule has 0 radical (unpaired) electrons. The molecule has 24 heavy (non-hydrogen) atoms. The van der Waals surface area contributed by atoms with E-state index in [1.54, 1.807) is 10.7 Å². The summed E-state index contributed by atoms with van der Waals surface area (Å²) < 4.78 is 1.71. The van der Waals surface area contributed by atoms with Gasteiger partial charge in [-0.15, -0.1) is 0 Å². The monoisotopic (exact) mass is 331 g/mol. The third-order valence-electron chi connectivity index (χ3n) is 5.76. The van der Waals surface area contributed by atoms with Gasteiger partial charge in [0.25, 0.3) is 5.56 Å². The second-order valence-corrected chi connectivity index (χ2v) is 8.88.